The molecule has 0 atom stereocenters. The van der Waals surface area contributed by atoms with E-state index in [1.54, 1.807) is 0 Å². The lowest BCUT2D eigenvalue weighted by molar-refractivity contribution is 0.0265. The molecule has 0 aromatic rings. The third-order valence-electron chi connectivity index (χ3n) is 4.43. The van der Waals surface area contributed by atoms with Crippen LogP contribution in [0.3, 0.4) is 0 Å². The summed E-state index contributed by atoms with van der Waals surface area (Å²) in [4.78, 5) is 2.72. The first-order valence-corrected chi connectivity index (χ1v) is 7.20. The summed E-state index contributed by atoms with van der Waals surface area (Å²) in [5.41, 5.74) is 0.461. The van der Waals surface area contributed by atoms with Gasteiger partial charge in [0.05, 0.1) is 6.07 Å². The van der Waals surface area contributed by atoms with Crippen molar-refractivity contribution in [3.63, 3.8) is 0 Å². The summed E-state index contributed by atoms with van der Waals surface area (Å²) in [6, 6.07) is 2.25. The molecule has 1 saturated heterocycles. The first kappa shape index (κ1) is 12.9. The highest BCUT2D eigenvalue weighted by atomic mass is 15.3. The van der Waals surface area contributed by atoms with Crippen molar-refractivity contribution >= 4 is 0 Å². The second kappa shape index (κ2) is 6.37. The molecule has 1 aliphatic carbocycles. The topological polar surface area (TPSA) is 39.1 Å². The van der Waals surface area contributed by atoms with Crippen LogP contribution in [-0.4, -0.2) is 36.6 Å². The van der Waals surface area contributed by atoms with E-state index in [9.17, 15) is 0 Å². The molecule has 0 aromatic carbocycles. The quantitative estimate of drug-likeness (QED) is 0.760. The lowest BCUT2D eigenvalue weighted by Gasteiger charge is -2.50. The molecule has 2 fully saturated rings. The minimum Gasteiger partial charge on any atom is -0.314 e. The number of piperazine rings is 1. The molecule has 2 aliphatic rings. The first-order valence-electron chi connectivity index (χ1n) is 7.20. The Morgan fingerprint density at radius 3 is 2.76 bits per heavy atom. The summed E-state index contributed by atoms with van der Waals surface area (Å²) in [5.74, 6) is 0. The first-order chi connectivity index (χ1) is 8.37. The summed E-state index contributed by atoms with van der Waals surface area (Å²) in [6.07, 6.45) is 9.94. The molecule has 1 heterocycles. The minimum absolute atomic E-state index is 0.461. The second-order valence-corrected chi connectivity index (χ2v) is 5.56. The average molecular weight is 235 g/mol. The van der Waals surface area contributed by atoms with E-state index in [0.29, 0.717) is 5.54 Å². The Morgan fingerprint density at radius 2 is 2.00 bits per heavy atom. The molecular weight excluding hydrogens is 210 g/mol. The zero-order valence-corrected chi connectivity index (χ0v) is 10.9. The smallest absolute Gasteiger partial charge is 0.0621 e. The van der Waals surface area contributed by atoms with E-state index in [4.69, 9.17) is 5.26 Å². The number of unbranched alkanes of at least 4 members (excludes halogenated alkanes) is 2. The Labute approximate surface area is 105 Å². The molecule has 3 nitrogen and oxygen atoms in total. The van der Waals surface area contributed by atoms with Gasteiger partial charge in [0.15, 0.2) is 0 Å². The molecule has 0 radical (unpaired) electrons. The number of hydrogen-bond donors (Lipinski definition) is 1. The van der Waals surface area contributed by atoms with Crippen molar-refractivity contribution in [1.82, 2.24) is 10.2 Å². The van der Waals surface area contributed by atoms with Crippen molar-refractivity contribution in [2.75, 3.05) is 26.2 Å². The van der Waals surface area contributed by atoms with Gasteiger partial charge in [-0.25, -0.2) is 0 Å². The van der Waals surface area contributed by atoms with Gasteiger partial charge in [-0.05, 0) is 32.2 Å². The molecule has 0 bridgehead atoms. The van der Waals surface area contributed by atoms with Crippen LogP contribution in [0.15, 0.2) is 0 Å². The number of nitrogens with zero attached hydrogens (tertiary/aromatic N) is 2. The number of nitrogens with one attached hydrogen (secondary N) is 1. The van der Waals surface area contributed by atoms with Crippen LogP contribution in [0.1, 0.15) is 51.4 Å². The molecular formula is C14H25N3. The van der Waals surface area contributed by atoms with Crippen molar-refractivity contribution in [3.8, 4) is 6.07 Å². The fraction of sp³-hybridized carbons (Fsp3) is 0.929. The van der Waals surface area contributed by atoms with Crippen LogP contribution in [0.25, 0.3) is 0 Å². The predicted octanol–water partition coefficient (Wildman–Crippen LogP) is 2.29. The second-order valence-electron chi connectivity index (χ2n) is 5.56. The number of nitriles is 1. The summed E-state index contributed by atoms with van der Waals surface area (Å²) >= 11 is 0. The Balaban J connectivity index is 1.85. The van der Waals surface area contributed by atoms with Crippen LogP contribution >= 0.6 is 0 Å². The van der Waals surface area contributed by atoms with Gasteiger partial charge in [0.2, 0.25) is 0 Å². The van der Waals surface area contributed by atoms with E-state index in [1.807, 2.05) is 0 Å². The highest BCUT2D eigenvalue weighted by molar-refractivity contribution is 4.97. The van der Waals surface area contributed by atoms with Crippen LogP contribution in [0.4, 0.5) is 0 Å². The summed E-state index contributed by atoms with van der Waals surface area (Å²) in [6.45, 7) is 4.72. The molecule has 1 spiro atoms. The lowest BCUT2D eigenvalue weighted by Crippen LogP contribution is -2.62. The predicted molar refractivity (Wildman–Crippen MR) is 69.7 cm³/mol. The van der Waals surface area contributed by atoms with Crippen molar-refractivity contribution in [3.05, 3.63) is 0 Å². The summed E-state index contributed by atoms with van der Waals surface area (Å²) in [5, 5.41) is 12.2. The Kier molecular flexibility index (Phi) is 4.82. The van der Waals surface area contributed by atoms with Gasteiger partial charge in [-0.3, -0.25) is 4.90 Å². The summed E-state index contributed by atoms with van der Waals surface area (Å²) in [7, 11) is 0. The number of rotatable bonds is 4. The third kappa shape index (κ3) is 3.20. The van der Waals surface area contributed by atoms with E-state index < -0.39 is 0 Å². The van der Waals surface area contributed by atoms with Gasteiger partial charge in [-0.15, -0.1) is 0 Å². The molecule has 0 amide bonds. The van der Waals surface area contributed by atoms with Crippen LogP contribution < -0.4 is 5.32 Å². The van der Waals surface area contributed by atoms with Gasteiger partial charge in [0.1, 0.15) is 0 Å². The van der Waals surface area contributed by atoms with Gasteiger partial charge >= 0.3 is 0 Å². The molecule has 1 saturated carbocycles. The van der Waals surface area contributed by atoms with Gasteiger partial charge in [0, 0.05) is 31.6 Å². The lowest BCUT2D eigenvalue weighted by atomic mass is 9.79. The van der Waals surface area contributed by atoms with Gasteiger partial charge in [-0.1, -0.05) is 19.3 Å². The fourth-order valence-electron chi connectivity index (χ4n) is 3.44. The van der Waals surface area contributed by atoms with E-state index >= 15 is 0 Å². The maximum atomic E-state index is 8.57. The van der Waals surface area contributed by atoms with Gasteiger partial charge in [0.25, 0.3) is 0 Å². The third-order valence-corrected chi connectivity index (χ3v) is 4.43. The molecule has 2 rings (SSSR count). The van der Waals surface area contributed by atoms with Gasteiger partial charge in [-0.2, -0.15) is 5.26 Å². The summed E-state index contributed by atoms with van der Waals surface area (Å²) < 4.78 is 0. The van der Waals surface area contributed by atoms with Crippen molar-refractivity contribution in [1.29, 1.82) is 5.26 Å². The minimum atomic E-state index is 0.461. The maximum absolute atomic E-state index is 8.57. The zero-order valence-electron chi connectivity index (χ0n) is 10.9. The molecule has 1 N–H and O–H groups in total. The van der Waals surface area contributed by atoms with Crippen LogP contribution in [-0.2, 0) is 0 Å². The average Bonchev–Trinajstić information content (AvgIpc) is 2.38. The number of hydrogen-bond acceptors (Lipinski definition) is 3. The Morgan fingerprint density at radius 1 is 1.18 bits per heavy atom. The van der Waals surface area contributed by atoms with Crippen LogP contribution in [0.2, 0.25) is 0 Å². The molecule has 3 heteroatoms. The maximum Gasteiger partial charge on any atom is 0.0621 e. The fourth-order valence-corrected chi connectivity index (χ4v) is 3.44. The standard InChI is InChI=1S/C14H25N3/c15-9-5-2-6-11-17-12-10-16-13-14(17)7-3-1-4-8-14/h16H,1-8,10-13H2. The van der Waals surface area contributed by atoms with Crippen LogP contribution in [0.5, 0.6) is 0 Å². The monoisotopic (exact) mass is 235 g/mol. The largest absolute Gasteiger partial charge is 0.314 e. The Hall–Kier alpha value is -0.590. The van der Waals surface area contributed by atoms with E-state index in [1.165, 1.54) is 58.2 Å². The Bertz CT molecular complexity index is 255. The SMILES string of the molecule is N#CCCCCN1CCNCC12CCCCC2. The molecule has 1 aliphatic heterocycles. The molecule has 0 unspecified atom stereocenters. The van der Waals surface area contributed by atoms with E-state index in [0.717, 1.165) is 19.4 Å². The van der Waals surface area contributed by atoms with Crippen LogP contribution in [0, 0.1) is 11.3 Å². The van der Waals surface area contributed by atoms with Gasteiger partial charge < -0.3 is 5.32 Å². The van der Waals surface area contributed by atoms with E-state index in [2.05, 4.69) is 16.3 Å². The zero-order chi connectivity index (χ0) is 12.0. The van der Waals surface area contributed by atoms with Crippen molar-refractivity contribution in [2.24, 2.45) is 0 Å². The molecule has 0 aromatic heterocycles. The van der Waals surface area contributed by atoms with E-state index in [-0.39, 0.29) is 0 Å². The highest BCUT2D eigenvalue weighted by Crippen LogP contribution is 2.34. The van der Waals surface area contributed by atoms with Crippen molar-refractivity contribution in [2.45, 2.75) is 56.9 Å². The highest BCUT2D eigenvalue weighted by Gasteiger charge is 2.38. The normalized spacial score (nSPS) is 24.6. The molecule has 96 valence electrons. The van der Waals surface area contributed by atoms with Crippen molar-refractivity contribution < 1.29 is 0 Å². The molecule has 17 heavy (non-hydrogen) atoms.